The van der Waals surface area contributed by atoms with Gasteiger partial charge in [-0.05, 0) is 12.3 Å². The van der Waals surface area contributed by atoms with Crippen molar-refractivity contribution in [2.75, 3.05) is 0 Å². The first kappa shape index (κ1) is 14.2. The van der Waals surface area contributed by atoms with E-state index in [4.69, 9.17) is 0 Å². The van der Waals surface area contributed by atoms with Gasteiger partial charge < -0.3 is 5.11 Å². The third-order valence-electron chi connectivity index (χ3n) is 3.61. The largest absolute Gasteiger partial charge is 0.388 e. The van der Waals surface area contributed by atoms with E-state index in [1.807, 2.05) is 0 Å². The van der Waals surface area contributed by atoms with E-state index in [2.05, 4.69) is 0 Å². The molecular formula is C13H13F5O. The Morgan fingerprint density at radius 2 is 1.26 bits per heavy atom. The van der Waals surface area contributed by atoms with Crippen LogP contribution >= 0.6 is 0 Å². The minimum atomic E-state index is -2.20. The van der Waals surface area contributed by atoms with E-state index >= 15 is 0 Å². The highest BCUT2D eigenvalue weighted by Gasteiger charge is 2.31. The molecule has 1 unspecified atom stereocenters. The van der Waals surface area contributed by atoms with Crippen LogP contribution in [-0.4, -0.2) is 5.11 Å². The summed E-state index contributed by atoms with van der Waals surface area (Å²) in [6.45, 7) is 0. The first-order chi connectivity index (χ1) is 8.93. The molecule has 1 atom stereocenters. The van der Waals surface area contributed by atoms with Crippen LogP contribution < -0.4 is 0 Å². The third kappa shape index (κ3) is 2.59. The van der Waals surface area contributed by atoms with Crippen LogP contribution in [0.15, 0.2) is 0 Å². The number of benzene rings is 1. The number of rotatable bonds is 3. The lowest BCUT2D eigenvalue weighted by molar-refractivity contribution is 0.133. The number of hydrogen-bond donors (Lipinski definition) is 1. The Labute approximate surface area is 107 Å². The molecule has 1 fully saturated rings. The molecule has 1 N–H and O–H groups in total. The first-order valence-electron chi connectivity index (χ1n) is 6.12. The van der Waals surface area contributed by atoms with Gasteiger partial charge in [0.15, 0.2) is 23.3 Å². The Morgan fingerprint density at radius 3 is 1.74 bits per heavy atom. The van der Waals surface area contributed by atoms with Crippen LogP contribution in [0.5, 0.6) is 0 Å². The molecule has 19 heavy (non-hydrogen) atoms. The third-order valence-corrected chi connectivity index (χ3v) is 3.61. The molecule has 0 saturated heterocycles. The molecule has 1 saturated carbocycles. The molecule has 0 aliphatic heterocycles. The summed E-state index contributed by atoms with van der Waals surface area (Å²) in [6.07, 6.45) is 1.84. The van der Waals surface area contributed by atoms with Crippen LogP contribution in [0.3, 0.4) is 0 Å². The van der Waals surface area contributed by atoms with Crippen molar-refractivity contribution in [1.82, 2.24) is 0 Å². The van der Waals surface area contributed by atoms with E-state index in [0.29, 0.717) is 0 Å². The molecule has 1 aromatic carbocycles. The number of halogens is 5. The molecule has 1 nitrogen and oxygen atoms in total. The zero-order chi connectivity index (χ0) is 14.2. The van der Waals surface area contributed by atoms with Crippen LogP contribution in [0.4, 0.5) is 22.0 Å². The highest BCUT2D eigenvalue weighted by Crippen LogP contribution is 2.36. The van der Waals surface area contributed by atoms with Gasteiger partial charge in [-0.15, -0.1) is 0 Å². The summed E-state index contributed by atoms with van der Waals surface area (Å²) in [6, 6.07) is 0. The summed E-state index contributed by atoms with van der Waals surface area (Å²) >= 11 is 0. The fraction of sp³-hybridized carbons (Fsp3) is 0.538. The summed E-state index contributed by atoms with van der Waals surface area (Å²) in [5.41, 5.74) is -1.12. The van der Waals surface area contributed by atoms with Crippen LogP contribution in [0, 0.1) is 35.0 Å². The maximum Gasteiger partial charge on any atom is 0.200 e. The van der Waals surface area contributed by atoms with E-state index in [1.54, 1.807) is 0 Å². The monoisotopic (exact) mass is 280 g/mol. The van der Waals surface area contributed by atoms with Gasteiger partial charge in [0, 0.05) is 0 Å². The molecule has 0 amide bonds. The van der Waals surface area contributed by atoms with Gasteiger partial charge in [-0.25, -0.2) is 22.0 Å². The Kier molecular flexibility index (Phi) is 4.08. The lowest BCUT2D eigenvalue weighted by Gasteiger charge is -2.17. The van der Waals surface area contributed by atoms with Gasteiger partial charge in [-0.2, -0.15) is 0 Å². The van der Waals surface area contributed by atoms with Crippen molar-refractivity contribution in [3.63, 3.8) is 0 Å². The fourth-order valence-corrected chi connectivity index (χ4v) is 2.59. The lowest BCUT2D eigenvalue weighted by atomic mass is 9.95. The van der Waals surface area contributed by atoms with E-state index in [1.165, 1.54) is 0 Å². The summed E-state index contributed by atoms with van der Waals surface area (Å²) in [7, 11) is 0. The number of aliphatic hydroxyl groups is 1. The fourth-order valence-electron chi connectivity index (χ4n) is 2.59. The van der Waals surface area contributed by atoms with Crippen molar-refractivity contribution >= 4 is 0 Å². The van der Waals surface area contributed by atoms with Crippen molar-refractivity contribution in [3.05, 3.63) is 34.6 Å². The quantitative estimate of drug-likeness (QED) is 0.504. The van der Waals surface area contributed by atoms with E-state index in [-0.39, 0.29) is 12.3 Å². The molecular weight excluding hydrogens is 267 g/mol. The van der Waals surface area contributed by atoms with Crippen molar-refractivity contribution in [3.8, 4) is 0 Å². The van der Waals surface area contributed by atoms with Crippen LogP contribution in [0.2, 0.25) is 0 Å². The molecule has 106 valence electrons. The summed E-state index contributed by atoms with van der Waals surface area (Å²) < 4.78 is 65.8. The Morgan fingerprint density at radius 1 is 0.842 bits per heavy atom. The van der Waals surface area contributed by atoms with Crippen molar-refractivity contribution in [2.24, 2.45) is 5.92 Å². The standard InChI is InChI=1S/C13H13F5O/c14-9-8(7(19)5-6-3-1-2-4-6)10(15)12(17)13(18)11(9)16/h6-7,19H,1-5H2. The van der Waals surface area contributed by atoms with Crippen molar-refractivity contribution in [1.29, 1.82) is 0 Å². The minimum Gasteiger partial charge on any atom is -0.388 e. The lowest BCUT2D eigenvalue weighted by Crippen LogP contribution is -2.13. The molecule has 0 bridgehead atoms. The molecule has 1 aliphatic carbocycles. The van der Waals surface area contributed by atoms with Gasteiger partial charge in [0.1, 0.15) is 0 Å². The molecule has 0 aromatic heterocycles. The Balaban J connectivity index is 2.32. The summed E-state index contributed by atoms with van der Waals surface area (Å²) in [5, 5.41) is 9.75. The van der Waals surface area contributed by atoms with Gasteiger partial charge in [0.25, 0.3) is 0 Å². The normalized spacial score (nSPS) is 18.0. The zero-order valence-electron chi connectivity index (χ0n) is 10.0. The van der Waals surface area contributed by atoms with Gasteiger partial charge >= 0.3 is 0 Å². The number of hydrogen-bond acceptors (Lipinski definition) is 1. The molecule has 0 spiro atoms. The molecule has 0 radical (unpaired) electrons. The highest BCUT2D eigenvalue weighted by atomic mass is 19.2. The van der Waals surface area contributed by atoms with Crippen molar-refractivity contribution < 1.29 is 27.1 Å². The topological polar surface area (TPSA) is 20.2 Å². The molecule has 2 rings (SSSR count). The van der Waals surface area contributed by atoms with Crippen LogP contribution in [-0.2, 0) is 0 Å². The van der Waals surface area contributed by atoms with Gasteiger partial charge in [-0.3, -0.25) is 0 Å². The average Bonchev–Trinajstić information content (AvgIpc) is 2.87. The highest BCUT2D eigenvalue weighted by molar-refractivity contribution is 5.26. The molecule has 1 aromatic rings. The molecule has 0 heterocycles. The minimum absolute atomic E-state index is 0.0123. The van der Waals surface area contributed by atoms with Gasteiger partial charge in [-0.1, -0.05) is 25.7 Å². The van der Waals surface area contributed by atoms with E-state index in [0.717, 1.165) is 25.7 Å². The smallest absolute Gasteiger partial charge is 0.200 e. The van der Waals surface area contributed by atoms with E-state index in [9.17, 15) is 27.1 Å². The van der Waals surface area contributed by atoms with Crippen molar-refractivity contribution in [2.45, 2.75) is 38.2 Å². The Hall–Kier alpha value is -1.17. The first-order valence-corrected chi connectivity index (χ1v) is 6.12. The number of aliphatic hydroxyl groups excluding tert-OH is 1. The van der Waals surface area contributed by atoms with E-state index < -0.39 is 40.8 Å². The second-order valence-electron chi connectivity index (χ2n) is 4.89. The molecule has 1 aliphatic rings. The summed E-state index contributed by atoms with van der Waals surface area (Å²) in [4.78, 5) is 0. The van der Waals surface area contributed by atoms with Crippen LogP contribution in [0.25, 0.3) is 0 Å². The maximum atomic E-state index is 13.4. The predicted molar refractivity (Wildman–Crippen MR) is 57.8 cm³/mol. The zero-order valence-corrected chi connectivity index (χ0v) is 10.0. The molecule has 6 heteroatoms. The average molecular weight is 280 g/mol. The van der Waals surface area contributed by atoms with Crippen LogP contribution in [0.1, 0.15) is 43.8 Å². The second-order valence-corrected chi connectivity index (χ2v) is 4.89. The second kappa shape index (κ2) is 5.45. The Bertz CT molecular complexity index is 453. The van der Waals surface area contributed by atoms with Gasteiger partial charge in [0.05, 0.1) is 11.7 Å². The predicted octanol–water partition coefficient (Wildman–Crippen LogP) is 4.00. The maximum absolute atomic E-state index is 13.4. The SMILES string of the molecule is OC(CC1CCCC1)c1c(F)c(F)c(F)c(F)c1F. The summed E-state index contributed by atoms with van der Waals surface area (Å²) in [5.74, 6) is -10.1. The van der Waals surface area contributed by atoms with Gasteiger partial charge in [0.2, 0.25) is 5.82 Å².